The van der Waals surface area contributed by atoms with Gasteiger partial charge < -0.3 is 14.2 Å². The van der Waals surface area contributed by atoms with E-state index < -0.39 is 23.9 Å². The smallest absolute Gasteiger partial charge is 0.308 e. The van der Waals surface area contributed by atoms with E-state index in [0.717, 1.165) is 0 Å². The Morgan fingerprint density at radius 1 is 1.03 bits per heavy atom. The summed E-state index contributed by atoms with van der Waals surface area (Å²) < 4.78 is 15.6. The molecule has 0 heterocycles. The lowest BCUT2D eigenvalue weighted by Gasteiger charge is -2.13. The molecule has 0 bridgehead atoms. The Bertz CT molecular complexity index is 944. The van der Waals surface area contributed by atoms with Crippen LogP contribution in [0, 0.1) is 0 Å². The van der Waals surface area contributed by atoms with Gasteiger partial charge in [-0.1, -0.05) is 17.7 Å². The summed E-state index contributed by atoms with van der Waals surface area (Å²) in [4.78, 5) is 34.5. The number of ether oxygens (including phenoxy) is 3. The maximum Gasteiger partial charge on any atom is 0.308 e. The van der Waals surface area contributed by atoms with Gasteiger partial charge in [0.2, 0.25) is 0 Å². The average molecular weight is 419 g/mol. The molecule has 29 heavy (non-hydrogen) atoms. The second-order valence-corrected chi connectivity index (χ2v) is 6.28. The first-order valence-corrected chi connectivity index (χ1v) is 8.88. The van der Waals surface area contributed by atoms with Crippen molar-refractivity contribution in [3.63, 3.8) is 0 Å². The topological polar surface area (TPSA) is 103 Å². The minimum absolute atomic E-state index is 0.123. The van der Waals surface area contributed by atoms with Gasteiger partial charge in [0.15, 0.2) is 6.10 Å². The second-order valence-electron chi connectivity index (χ2n) is 5.84. The average Bonchev–Trinajstić information content (AvgIpc) is 2.62. The predicted octanol–water partition coefficient (Wildman–Crippen LogP) is 3.11. The SMILES string of the molecule is CC(=O)Oc1ccc(/C=N\NC(=O)[C@@H](C)Oc2cccc(Cl)c2)c(OC(C)=O)c1. The zero-order chi connectivity index (χ0) is 21.4. The van der Waals surface area contributed by atoms with Crippen molar-refractivity contribution >= 4 is 35.7 Å². The van der Waals surface area contributed by atoms with E-state index in [1.807, 2.05) is 0 Å². The third kappa shape index (κ3) is 7.27. The van der Waals surface area contributed by atoms with Crippen molar-refractivity contribution in [2.45, 2.75) is 26.9 Å². The molecule has 9 heteroatoms. The van der Waals surface area contributed by atoms with Gasteiger partial charge in [0.1, 0.15) is 17.2 Å². The standard InChI is InChI=1S/C20H19ClN2O6/c1-12(27-17-6-4-5-16(21)9-17)20(26)23-22-11-15-7-8-18(28-13(2)24)10-19(15)29-14(3)25/h4-12H,1-3H3,(H,23,26)/b22-11-/t12-/m1/s1. The van der Waals surface area contributed by atoms with Gasteiger partial charge in [0.05, 0.1) is 6.21 Å². The number of hydrazone groups is 1. The molecule has 2 rings (SSSR count). The zero-order valence-corrected chi connectivity index (χ0v) is 16.7. The van der Waals surface area contributed by atoms with Gasteiger partial charge in [-0.2, -0.15) is 5.10 Å². The molecule has 0 fully saturated rings. The highest BCUT2D eigenvalue weighted by atomic mass is 35.5. The third-order valence-electron chi connectivity index (χ3n) is 3.36. The number of nitrogens with one attached hydrogen (secondary N) is 1. The number of hydrogen-bond donors (Lipinski definition) is 1. The van der Waals surface area contributed by atoms with Crippen molar-refractivity contribution in [2.24, 2.45) is 5.10 Å². The first kappa shape index (κ1) is 21.9. The quantitative estimate of drug-likeness (QED) is 0.321. The highest BCUT2D eigenvalue weighted by Crippen LogP contribution is 2.24. The summed E-state index contributed by atoms with van der Waals surface area (Å²) in [6.07, 6.45) is 0.463. The first-order valence-electron chi connectivity index (χ1n) is 8.50. The van der Waals surface area contributed by atoms with E-state index in [1.54, 1.807) is 31.2 Å². The molecule has 152 valence electrons. The molecule has 8 nitrogen and oxygen atoms in total. The molecular weight excluding hydrogens is 400 g/mol. The Morgan fingerprint density at radius 2 is 1.76 bits per heavy atom. The van der Waals surface area contributed by atoms with Crippen molar-refractivity contribution in [1.29, 1.82) is 0 Å². The number of benzene rings is 2. The Morgan fingerprint density at radius 3 is 2.41 bits per heavy atom. The van der Waals surface area contributed by atoms with E-state index in [9.17, 15) is 14.4 Å². The maximum atomic E-state index is 12.1. The molecule has 1 amide bonds. The first-order chi connectivity index (χ1) is 13.7. The van der Waals surface area contributed by atoms with Gasteiger partial charge in [-0.05, 0) is 37.3 Å². The number of amides is 1. The largest absolute Gasteiger partial charge is 0.481 e. The van der Waals surface area contributed by atoms with Gasteiger partial charge in [0, 0.05) is 30.5 Å². The number of rotatable bonds is 7. The summed E-state index contributed by atoms with van der Waals surface area (Å²) in [5.41, 5.74) is 2.73. The van der Waals surface area contributed by atoms with Crippen LogP contribution in [0.15, 0.2) is 47.6 Å². The molecule has 1 N–H and O–H groups in total. The van der Waals surface area contributed by atoms with Gasteiger partial charge in [-0.25, -0.2) is 5.43 Å². The molecule has 2 aromatic carbocycles. The molecule has 0 aliphatic rings. The molecule has 1 atom stereocenters. The van der Waals surface area contributed by atoms with Crippen LogP contribution in [0.2, 0.25) is 5.02 Å². The van der Waals surface area contributed by atoms with Crippen LogP contribution in [0.1, 0.15) is 26.3 Å². The molecule has 2 aromatic rings. The Balaban J connectivity index is 2.04. The van der Waals surface area contributed by atoms with Crippen molar-refractivity contribution < 1.29 is 28.6 Å². The van der Waals surface area contributed by atoms with Crippen molar-refractivity contribution in [3.8, 4) is 17.2 Å². The third-order valence-corrected chi connectivity index (χ3v) is 3.59. The molecule has 0 spiro atoms. The number of hydrogen-bond acceptors (Lipinski definition) is 7. The van der Waals surface area contributed by atoms with Crippen LogP contribution in [-0.2, 0) is 14.4 Å². The minimum Gasteiger partial charge on any atom is -0.481 e. The van der Waals surface area contributed by atoms with E-state index >= 15 is 0 Å². The molecule has 0 saturated heterocycles. The molecule has 0 unspecified atom stereocenters. The summed E-state index contributed by atoms with van der Waals surface area (Å²) in [5.74, 6) is -0.793. The lowest BCUT2D eigenvalue weighted by atomic mass is 10.2. The zero-order valence-electron chi connectivity index (χ0n) is 16.0. The fraction of sp³-hybridized carbons (Fsp3) is 0.200. The van der Waals surface area contributed by atoms with E-state index in [-0.39, 0.29) is 11.5 Å². The number of carbonyl (C=O) groups is 3. The van der Waals surface area contributed by atoms with Crippen LogP contribution >= 0.6 is 11.6 Å². The monoisotopic (exact) mass is 418 g/mol. The number of halogens is 1. The van der Waals surface area contributed by atoms with E-state index in [2.05, 4.69) is 10.5 Å². The fourth-order valence-corrected chi connectivity index (χ4v) is 2.33. The minimum atomic E-state index is -0.829. The molecule has 0 saturated carbocycles. The van der Waals surface area contributed by atoms with Gasteiger partial charge in [0.25, 0.3) is 5.91 Å². The highest BCUT2D eigenvalue weighted by Gasteiger charge is 2.14. The number of nitrogens with zero attached hydrogens (tertiary/aromatic N) is 1. The maximum absolute atomic E-state index is 12.1. The van der Waals surface area contributed by atoms with E-state index in [0.29, 0.717) is 16.3 Å². The summed E-state index contributed by atoms with van der Waals surface area (Å²) in [5, 5.41) is 4.34. The van der Waals surface area contributed by atoms with Crippen molar-refractivity contribution in [3.05, 3.63) is 53.1 Å². The van der Waals surface area contributed by atoms with Crippen LogP contribution in [0.5, 0.6) is 17.2 Å². The Hall–Kier alpha value is -3.39. The van der Waals surface area contributed by atoms with Gasteiger partial charge in [-0.3, -0.25) is 14.4 Å². The lowest BCUT2D eigenvalue weighted by Crippen LogP contribution is -2.33. The lowest BCUT2D eigenvalue weighted by molar-refractivity contribution is -0.132. The normalized spacial score (nSPS) is 11.6. The van der Waals surface area contributed by atoms with Gasteiger partial charge >= 0.3 is 11.9 Å². The van der Waals surface area contributed by atoms with E-state index in [4.69, 9.17) is 25.8 Å². The Kier molecular flexibility index (Phi) is 7.73. The van der Waals surface area contributed by atoms with Crippen LogP contribution in [0.25, 0.3) is 0 Å². The van der Waals surface area contributed by atoms with Crippen LogP contribution in [0.4, 0.5) is 0 Å². The van der Waals surface area contributed by atoms with Crippen LogP contribution in [0.3, 0.4) is 0 Å². The molecule has 0 aromatic heterocycles. The van der Waals surface area contributed by atoms with Gasteiger partial charge in [-0.15, -0.1) is 0 Å². The summed E-state index contributed by atoms with van der Waals surface area (Å²) in [6, 6.07) is 11.1. The number of carbonyl (C=O) groups excluding carboxylic acids is 3. The Labute approximate surface area is 172 Å². The van der Waals surface area contributed by atoms with Crippen LogP contribution in [-0.4, -0.2) is 30.2 Å². The molecule has 0 radical (unpaired) electrons. The van der Waals surface area contributed by atoms with Crippen molar-refractivity contribution in [1.82, 2.24) is 5.43 Å². The number of esters is 2. The molecular formula is C20H19ClN2O6. The van der Waals surface area contributed by atoms with E-state index in [1.165, 1.54) is 38.3 Å². The summed E-state index contributed by atoms with van der Waals surface area (Å²) >= 11 is 5.88. The predicted molar refractivity (Wildman–Crippen MR) is 106 cm³/mol. The fourth-order valence-electron chi connectivity index (χ4n) is 2.15. The van der Waals surface area contributed by atoms with Crippen LogP contribution < -0.4 is 19.6 Å². The second kappa shape index (κ2) is 10.2. The summed E-state index contributed by atoms with van der Waals surface area (Å²) in [6.45, 7) is 4.04. The molecule has 0 aliphatic heterocycles. The van der Waals surface area contributed by atoms with Crippen molar-refractivity contribution in [2.75, 3.05) is 0 Å². The molecule has 0 aliphatic carbocycles. The highest BCUT2D eigenvalue weighted by molar-refractivity contribution is 6.30. The summed E-state index contributed by atoms with van der Waals surface area (Å²) in [7, 11) is 0.